The maximum atomic E-state index is 17.1. The number of aromatic nitrogens is 3. The molecule has 304 valence electrons. The first-order valence-corrected chi connectivity index (χ1v) is 20.7. The van der Waals surface area contributed by atoms with E-state index in [1.807, 2.05) is 9.80 Å². The average molecular weight is 830 g/mol. The molecule has 7 atom stereocenters. The van der Waals surface area contributed by atoms with Crippen molar-refractivity contribution in [3.05, 3.63) is 28.5 Å². The number of ether oxygens (including phenoxy) is 2. The molecule has 0 radical (unpaired) electrons. The number of alkyl halides is 4. The summed E-state index contributed by atoms with van der Waals surface area (Å²) < 4.78 is 118. The van der Waals surface area contributed by atoms with E-state index in [1.54, 1.807) is 18.7 Å². The van der Waals surface area contributed by atoms with Gasteiger partial charge in [-0.2, -0.15) is 31.6 Å². The zero-order valence-electron chi connectivity index (χ0n) is 30.8. The molecule has 3 aromatic rings. The number of halogens is 6. The zero-order valence-corrected chi connectivity index (χ0v) is 32.4. The number of benzene rings is 1. The van der Waals surface area contributed by atoms with Crippen LogP contribution in [0.25, 0.3) is 22.2 Å². The van der Waals surface area contributed by atoms with Gasteiger partial charge in [0, 0.05) is 36.8 Å². The highest BCUT2D eigenvalue weighted by Crippen LogP contribution is 2.49. The Hall–Kier alpha value is -3.81. The van der Waals surface area contributed by atoms with Crippen molar-refractivity contribution in [1.29, 1.82) is 0 Å². The van der Waals surface area contributed by atoms with Crippen LogP contribution in [0, 0.1) is 5.82 Å². The van der Waals surface area contributed by atoms with Gasteiger partial charge < -0.3 is 25.0 Å². The number of piperazine rings is 1. The third kappa shape index (κ3) is 6.45. The number of hydrogen-bond acceptors (Lipinski definition) is 12. The Morgan fingerprint density at radius 3 is 2.66 bits per heavy atom. The van der Waals surface area contributed by atoms with Crippen molar-refractivity contribution in [3.63, 3.8) is 0 Å². The Bertz CT molecular complexity index is 2200. The van der Waals surface area contributed by atoms with Crippen LogP contribution in [0.5, 0.6) is 11.9 Å². The summed E-state index contributed by atoms with van der Waals surface area (Å²) in [6.45, 7) is 5.83. The molecule has 4 fully saturated rings. The van der Waals surface area contributed by atoms with Gasteiger partial charge in [-0.1, -0.05) is 18.5 Å². The molecule has 0 unspecified atom stereocenters. The van der Waals surface area contributed by atoms with Gasteiger partial charge in [0.25, 0.3) is 16.0 Å². The van der Waals surface area contributed by atoms with E-state index < -0.39 is 97.4 Å². The molecule has 2 N–H and O–H groups in total. The first-order chi connectivity index (χ1) is 26.4. The molecule has 13 nitrogen and oxygen atoms in total. The van der Waals surface area contributed by atoms with Crippen LogP contribution in [0.4, 0.5) is 33.5 Å². The molecular weight excluding hydrogens is 789 g/mol. The zero-order chi connectivity index (χ0) is 40.1. The van der Waals surface area contributed by atoms with Gasteiger partial charge in [0.05, 0.1) is 34.0 Å². The van der Waals surface area contributed by atoms with Crippen LogP contribution in [0.15, 0.2) is 12.1 Å². The summed E-state index contributed by atoms with van der Waals surface area (Å²) in [6, 6.07) is -0.139. The fourth-order valence-electron chi connectivity index (χ4n) is 9.45. The number of nitrogen functional groups attached to an aromatic ring is 1. The topological polar surface area (TPSA) is 153 Å². The van der Waals surface area contributed by atoms with Crippen LogP contribution in [-0.4, -0.2) is 113 Å². The minimum atomic E-state index is -5.04. The Balaban J connectivity index is 1.27. The van der Waals surface area contributed by atoms with Crippen molar-refractivity contribution in [2.45, 2.75) is 108 Å². The van der Waals surface area contributed by atoms with Crippen LogP contribution >= 0.6 is 11.6 Å². The summed E-state index contributed by atoms with van der Waals surface area (Å²) >= 11 is 6.08. The predicted molar refractivity (Wildman–Crippen MR) is 195 cm³/mol. The SMILES string of the molecule is CC[C@@H](OS(=O)(=O)CC)C(=O)N1[C@@H]2CC[C@H]1[C@H]1[C@H](C)Oc3nc(-c4cc(N)cc(Cl)c4C(F)(F)F)c(F)c4nc(OC[C@@]56CCCN5C[C@H](F)C6)nc(c34)N1C2. The number of carbonyl (C=O) groups excluding carboxylic acids is 1. The Morgan fingerprint density at radius 2 is 1.95 bits per heavy atom. The third-order valence-electron chi connectivity index (χ3n) is 11.9. The Labute approximate surface area is 324 Å². The molecule has 1 amide bonds. The molecule has 5 aliphatic rings. The lowest BCUT2D eigenvalue weighted by molar-refractivity contribution is -0.143. The van der Waals surface area contributed by atoms with Gasteiger partial charge in [0.1, 0.15) is 41.3 Å². The van der Waals surface area contributed by atoms with Gasteiger partial charge in [0.2, 0.25) is 5.88 Å². The van der Waals surface area contributed by atoms with E-state index in [-0.39, 0.29) is 67.1 Å². The van der Waals surface area contributed by atoms with Crippen LogP contribution in [0.3, 0.4) is 0 Å². The summed E-state index contributed by atoms with van der Waals surface area (Å²) in [4.78, 5) is 33.1. The Kier molecular flexibility index (Phi) is 9.71. The minimum absolute atomic E-state index is 0.0171. The number of anilines is 2. The summed E-state index contributed by atoms with van der Waals surface area (Å²) in [5, 5.41) is -0.784. The smallest absolute Gasteiger partial charge is 0.418 e. The van der Waals surface area contributed by atoms with Gasteiger partial charge in [-0.05, 0) is 64.6 Å². The number of rotatable bonds is 9. The molecule has 0 aliphatic carbocycles. The molecule has 7 heterocycles. The molecule has 20 heteroatoms. The highest BCUT2D eigenvalue weighted by Gasteiger charge is 2.54. The molecule has 0 saturated carbocycles. The number of amides is 1. The molecular formula is C36H41ClF5N7O6S. The van der Waals surface area contributed by atoms with E-state index in [9.17, 15) is 30.8 Å². The fourth-order valence-corrected chi connectivity index (χ4v) is 10.5. The standard InChI is InChI=1S/C36H41ClF5N7O6S/c1-4-24(55-56(51,52)5-2)33(50)49-20-7-8-23(49)30-17(3)54-32-25-29(27(39)28(44-32)21-11-19(43)12-22(37)26(21)36(40,41)42)45-34(46-31(25)48(30)15-20)53-16-35-9-6-10-47(35)14-18(38)13-35/h11-12,17-18,20,23-24,30H,4-10,13-16,43H2,1-3H3/t17-,18+,20+,23-,24+,30+,35-/m0/s1. The maximum Gasteiger partial charge on any atom is 0.418 e. The quantitative estimate of drug-likeness (QED) is 0.164. The average Bonchev–Trinajstić information content (AvgIpc) is 3.74. The second-order valence-electron chi connectivity index (χ2n) is 15.3. The monoisotopic (exact) mass is 829 g/mol. The first-order valence-electron chi connectivity index (χ1n) is 18.7. The largest absolute Gasteiger partial charge is 0.472 e. The third-order valence-corrected chi connectivity index (χ3v) is 13.4. The van der Waals surface area contributed by atoms with E-state index in [0.717, 1.165) is 18.6 Å². The van der Waals surface area contributed by atoms with E-state index in [1.165, 1.54) is 6.92 Å². The van der Waals surface area contributed by atoms with E-state index in [0.29, 0.717) is 25.8 Å². The van der Waals surface area contributed by atoms with Crippen LogP contribution < -0.4 is 20.1 Å². The summed E-state index contributed by atoms with van der Waals surface area (Å²) in [5.41, 5.74) is 1.83. The summed E-state index contributed by atoms with van der Waals surface area (Å²) in [5.74, 6) is -2.19. The molecule has 8 rings (SSSR count). The lowest BCUT2D eigenvalue weighted by Gasteiger charge is -2.48. The highest BCUT2D eigenvalue weighted by atomic mass is 35.5. The summed E-state index contributed by atoms with van der Waals surface area (Å²) in [7, 11) is -3.97. The van der Waals surface area contributed by atoms with E-state index >= 15 is 4.39 Å². The number of pyridine rings is 1. The second kappa shape index (κ2) is 13.9. The highest BCUT2D eigenvalue weighted by molar-refractivity contribution is 7.86. The minimum Gasteiger partial charge on any atom is -0.472 e. The maximum absolute atomic E-state index is 17.1. The number of hydrogen-bond donors (Lipinski definition) is 1. The molecule has 4 saturated heterocycles. The Morgan fingerprint density at radius 1 is 1.18 bits per heavy atom. The molecule has 56 heavy (non-hydrogen) atoms. The van der Waals surface area contributed by atoms with Crippen molar-refractivity contribution in [3.8, 4) is 23.1 Å². The summed E-state index contributed by atoms with van der Waals surface area (Å²) in [6.07, 6.45) is -5.35. The van der Waals surface area contributed by atoms with Gasteiger partial charge in [-0.25, -0.2) is 13.8 Å². The normalized spacial score (nSPS) is 27.9. The number of carbonyl (C=O) groups is 1. The van der Waals surface area contributed by atoms with Gasteiger partial charge in [-0.15, -0.1) is 0 Å². The van der Waals surface area contributed by atoms with Gasteiger partial charge in [0.15, 0.2) is 11.9 Å². The molecule has 2 bridgehead atoms. The fraction of sp³-hybridized carbons (Fsp3) is 0.611. The van der Waals surface area contributed by atoms with Gasteiger partial charge in [-0.3, -0.25) is 13.9 Å². The van der Waals surface area contributed by atoms with Crippen LogP contribution in [0.1, 0.15) is 64.9 Å². The number of nitrogens with two attached hydrogens (primary N) is 1. The number of fused-ring (bicyclic) bond motifs is 6. The molecule has 2 aromatic heterocycles. The van der Waals surface area contributed by atoms with Crippen molar-refractivity contribution in [2.24, 2.45) is 0 Å². The molecule has 5 aliphatic heterocycles. The van der Waals surface area contributed by atoms with E-state index in [2.05, 4.69) is 9.97 Å². The van der Waals surface area contributed by atoms with Crippen molar-refractivity contribution in [1.82, 2.24) is 24.8 Å². The molecule has 0 spiro atoms. The van der Waals surface area contributed by atoms with Crippen molar-refractivity contribution < 1.29 is 48.8 Å². The van der Waals surface area contributed by atoms with Crippen LogP contribution in [0.2, 0.25) is 5.02 Å². The predicted octanol–water partition coefficient (Wildman–Crippen LogP) is 5.51. The lowest BCUT2D eigenvalue weighted by Crippen LogP contribution is -2.66. The van der Waals surface area contributed by atoms with Crippen LogP contribution in [-0.2, 0) is 25.3 Å². The van der Waals surface area contributed by atoms with Crippen molar-refractivity contribution in [2.75, 3.05) is 42.6 Å². The first kappa shape index (κ1) is 39.0. The van der Waals surface area contributed by atoms with Gasteiger partial charge >= 0.3 is 12.2 Å². The molecule has 1 aromatic carbocycles. The lowest BCUT2D eigenvalue weighted by atomic mass is 9.95. The van der Waals surface area contributed by atoms with E-state index in [4.69, 9.17) is 36.0 Å². The second-order valence-corrected chi connectivity index (χ2v) is 17.6. The number of nitrogens with zero attached hydrogens (tertiary/aromatic N) is 6. The van der Waals surface area contributed by atoms with Crippen molar-refractivity contribution >= 4 is 50.0 Å².